The second-order valence-corrected chi connectivity index (χ2v) is 9.62. The lowest BCUT2D eigenvalue weighted by molar-refractivity contribution is -0.130. The minimum absolute atomic E-state index is 0.143. The number of carbonyl (C=O) groups is 1. The van der Waals surface area contributed by atoms with Crippen LogP contribution >= 0.6 is 0 Å². The van der Waals surface area contributed by atoms with Crippen LogP contribution in [0.25, 0.3) is 0 Å². The Bertz CT molecular complexity index is 753. The van der Waals surface area contributed by atoms with E-state index in [9.17, 15) is 4.79 Å². The molecule has 2 saturated carbocycles. The molecule has 1 aromatic heterocycles. The smallest absolute Gasteiger partial charge is 0.222 e. The summed E-state index contributed by atoms with van der Waals surface area (Å²) in [6.45, 7) is 7.23. The Morgan fingerprint density at radius 1 is 1.23 bits per heavy atom. The van der Waals surface area contributed by atoms with Gasteiger partial charge in [0.15, 0.2) is 0 Å². The Kier molecular flexibility index (Phi) is 6.88. The van der Waals surface area contributed by atoms with Gasteiger partial charge in [-0.15, -0.1) is 5.10 Å². The van der Waals surface area contributed by atoms with Gasteiger partial charge in [0.2, 0.25) is 5.91 Å². The second kappa shape index (κ2) is 9.60. The standard InChI is InChI=1S/C23H36N4O3/c1-16(2)5-4-6-23(28)26-11-18-9-21(27-13-20(15-29-3)24-25-27)22(10-19(18)12-26)30-14-17-7-8-17/h5,13,17-19,21-22H,4,6-12,14-15H2,1-3H3/t18-,19+,21-,22-/m1/s1. The molecule has 1 aliphatic heterocycles. The zero-order chi connectivity index (χ0) is 21.1. The third-order valence-electron chi connectivity index (χ3n) is 6.78. The molecule has 0 radical (unpaired) electrons. The van der Waals surface area contributed by atoms with E-state index < -0.39 is 0 Å². The van der Waals surface area contributed by atoms with Gasteiger partial charge in [-0.25, -0.2) is 4.68 Å². The van der Waals surface area contributed by atoms with Crippen molar-refractivity contribution >= 4 is 5.91 Å². The highest BCUT2D eigenvalue weighted by molar-refractivity contribution is 5.76. The van der Waals surface area contributed by atoms with E-state index in [1.165, 1.54) is 18.4 Å². The molecule has 2 aliphatic carbocycles. The highest BCUT2D eigenvalue weighted by Gasteiger charge is 2.45. The Labute approximate surface area is 179 Å². The minimum atomic E-state index is 0.143. The predicted octanol–water partition coefficient (Wildman–Crippen LogP) is 3.38. The van der Waals surface area contributed by atoms with Crippen molar-refractivity contribution in [3.05, 3.63) is 23.5 Å². The Morgan fingerprint density at radius 3 is 2.70 bits per heavy atom. The maximum Gasteiger partial charge on any atom is 0.222 e. The molecule has 4 atom stereocenters. The lowest BCUT2D eigenvalue weighted by Crippen LogP contribution is -2.38. The molecular formula is C23H36N4O3. The van der Waals surface area contributed by atoms with Gasteiger partial charge in [0.1, 0.15) is 5.69 Å². The van der Waals surface area contributed by atoms with Gasteiger partial charge in [0.05, 0.1) is 24.9 Å². The Hall–Kier alpha value is -1.73. The third kappa shape index (κ3) is 5.30. The van der Waals surface area contributed by atoms with Crippen molar-refractivity contribution in [3.8, 4) is 0 Å². The van der Waals surface area contributed by atoms with Crippen LogP contribution in [0, 0.1) is 17.8 Å². The average molecular weight is 417 g/mol. The van der Waals surface area contributed by atoms with Crippen LogP contribution in [0.15, 0.2) is 17.8 Å². The molecule has 3 aliphatic rings. The summed E-state index contributed by atoms with van der Waals surface area (Å²) >= 11 is 0. The zero-order valence-corrected chi connectivity index (χ0v) is 18.6. The summed E-state index contributed by atoms with van der Waals surface area (Å²) in [5.41, 5.74) is 2.13. The quantitative estimate of drug-likeness (QED) is 0.577. The number of ether oxygens (including phenoxy) is 2. The Balaban J connectivity index is 1.41. The number of aromatic nitrogens is 3. The second-order valence-electron chi connectivity index (χ2n) is 9.62. The number of nitrogens with zero attached hydrogens (tertiary/aromatic N) is 4. The zero-order valence-electron chi connectivity index (χ0n) is 18.6. The van der Waals surface area contributed by atoms with Gasteiger partial charge in [-0.05, 0) is 63.7 Å². The molecule has 1 aromatic rings. The van der Waals surface area contributed by atoms with Crippen LogP contribution in [0.3, 0.4) is 0 Å². The summed E-state index contributed by atoms with van der Waals surface area (Å²) in [6.07, 6.45) is 10.3. The van der Waals surface area contributed by atoms with E-state index in [0.717, 1.165) is 50.6 Å². The molecule has 2 heterocycles. The van der Waals surface area contributed by atoms with E-state index in [1.807, 2.05) is 10.9 Å². The van der Waals surface area contributed by atoms with E-state index in [2.05, 4.69) is 35.1 Å². The molecule has 4 rings (SSSR count). The van der Waals surface area contributed by atoms with Crippen molar-refractivity contribution in [1.29, 1.82) is 0 Å². The van der Waals surface area contributed by atoms with Crippen LogP contribution in [-0.4, -0.2) is 58.7 Å². The monoisotopic (exact) mass is 416 g/mol. The molecule has 3 fully saturated rings. The first-order chi connectivity index (χ1) is 14.5. The fraction of sp³-hybridized carbons (Fsp3) is 0.783. The van der Waals surface area contributed by atoms with Gasteiger partial charge in [-0.1, -0.05) is 16.9 Å². The van der Waals surface area contributed by atoms with Gasteiger partial charge in [-0.3, -0.25) is 4.79 Å². The van der Waals surface area contributed by atoms with Gasteiger partial charge in [0, 0.05) is 33.2 Å². The summed E-state index contributed by atoms with van der Waals surface area (Å²) in [5.74, 6) is 2.06. The van der Waals surface area contributed by atoms with Gasteiger partial charge in [-0.2, -0.15) is 0 Å². The number of rotatable bonds is 9. The third-order valence-corrected chi connectivity index (χ3v) is 6.78. The number of fused-ring (bicyclic) bond motifs is 1. The lowest BCUT2D eigenvalue weighted by atomic mass is 9.77. The molecule has 0 spiro atoms. The average Bonchev–Trinajstić information content (AvgIpc) is 3.26. The first-order valence-corrected chi connectivity index (χ1v) is 11.5. The van der Waals surface area contributed by atoms with Crippen LogP contribution < -0.4 is 0 Å². The molecule has 0 unspecified atom stereocenters. The number of hydrogen-bond donors (Lipinski definition) is 0. The summed E-state index contributed by atoms with van der Waals surface area (Å²) in [6, 6.07) is 0.184. The molecule has 1 saturated heterocycles. The molecule has 30 heavy (non-hydrogen) atoms. The lowest BCUT2D eigenvalue weighted by Gasteiger charge is -2.37. The molecule has 166 valence electrons. The van der Waals surface area contributed by atoms with Gasteiger partial charge in [0.25, 0.3) is 0 Å². The van der Waals surface area contributed by atoms with Crippen LogP contribution in [0.1, 0.15) is 64.1 Å². The maximum atomic E-state index is 12.7. The fourth-order valence-corrected chi connectivity index (χ4v) is 4.93. The Morgan fingerprint density at radius 2 is 2.00 bits per heavy atom. The summed E-state index contributed by atoms with van der Waals surface area (Å²) in [7, 11) is 1.67. The summed E-state index contributed by atoms with van der Waals surface area (Å²) < 4.78 is 13.6. The number of amides is 1. The first kappa shape index (κ1) is 21.5. The highest BCUT2D eigenvalue weighted by Crippen LogP contribution is 2.43. The number of allylic oxidation sites excluding steroid dienone is 2. The summed E-state index contributed by atoms with van der Waals surface area (Å²) in [4.78, 5) is 14.8. The van der Waals surface area contributed by atoms with Crippen LogP contribution in [0.2, 0.25) is 0 Å². The normalized spacial score (nSPS) is 28.4. The maximum absolute atomic E-state index is 12.7. The van der Waals surface area contributed by atoms with Crippen LogP contribution in [0.4, 0.5) is 0 Å². The molecule has 0 aromatic carbocycles. The predicted molar refractivity (Wildman–Crippen MR) is 114 cm³/mol. The van der Waals surface area contributed by atoms with E-state index >= 15 is 0 Å². The molecule has 1 amide bonds. The van der Waals surface area contributed by atoms with Crippen molar-refractivity contribution in [2.45, 2.75) is 71.1 Å². The van der Waals surface area contributed by atoms with Gasteiger partial charge >= 0.3 is 0 Å². The van der Waals surface area contributed by atoms with Crippen LogP contribution in [0.5, 0.6) is 0 Å². The van der Waals surface area contributed by atoms with Crippen molar-refractivity contribution in [2.24, 2.45) is 17.8 Å². The molecule has 0 N–H and O–H groups in total. The SMILES string of the molecule is COCc1cn([C@@H]2C[C@@H]3CN(C(=O)CCC=C(C)C)C[C@@H]3C[C@H]2OCC2CC2)nn1. The first-order valence-electron chi connectivity index (χ1n) is 11.5. The van der Waals surface area contributed by atoms with Crippen molar-refractivity contribution in [1.82, 2.24) is 19.9 Å². The largest absolute Gasteiger partial charge is 0.378 e. The molecule has 0 bridgehead atoms. The molecule has 7 heteroatoms. The van der Waals surface area contributed by atoms with E-state index in [-0.39, 0.29) is 18.1 Å². The van der Waals surface area contributed by atoms with E-state index in [1.54, 1.807) is 7.11 Å². The number of likely N-dealkylation sites (tertiary alicyclic amines) is 1. The number of methoxy groups -OCH3 is 1. The van der Waals surface area contributed by atoms with Crippen molar-refractivity contribution in [2.75, 3.05) is 26.8 Å². The molecule has 7 nitrogen and oxygen atoms in total. The highest BCUT2D eigenvalue weighted by atomic mass is 16.5. The van der Waals surface area contributed by atoms with E-state index in [0.29, 0.717) is 24.9 Å². The fourth-order valence-electron chi connectivity index (χ4n) is 4.93. The van der Waals surface area contributed by atoms with Crippen LogP contribution in [-0.2, 0) is 20.9 Å². The van der Waals surface area contributed by atoms with Crippen molar-refractivity contribution in [3.63, 3.8) is 0 Å². The van der Waals surface area contributed by atoms with Gasteiger partial charge < -0.3 is 14.4 Å². The summed E-state index contributed by atoms with van der Waals surface area (Å²) in [5, 5.41) is 8.66. The number of hydrogen-bond acceptors (Lipinski definition) is 5. The topological polar surface area (TPSA) is 69.5 Å². The van der Waals surface area contributed by atoms with E-state index in [4.69, 9.17) is 9.47 Å². The number of carbonyl (C=O) groups excluding carboxylic acids is 1. The molecular weight excluding hydrogens is 380 g/mol. The minimum Gasteiger partial charge on any atom is -0.378 e. The van der Waals surface area contributed by atoms with Crippen molar-refractivity contribution < 1.29 is 14.3 Å².